The molecule has 0 bridgehead atoms. The maximum Gasteiger partial charge on any atom is 0.136 e. The van der Waals surface area contributed by atoms with Gasteiger partial charge in [0, 0.05) is 27.6 Å². The summed E-state index contributed by atoms with van der Waals surface area (Å²) in [5.74, 6) is 0. The van der Waals surface area contributed by atoms with Gasteiger partial charge >= 0.3 is 0 Å². The second kappa shape index (κ2) is 16.5. The predicted molar refractivity (Wildman–Crippen MR) is 256 cm³/mol. The second-order valence-electron chi connectivity index (χ2n) is 14.9. The van der Waals surface area contributed by atoms with Crippen LogP contribution in [0, 0.1) is 0 Å². The lowest BCUT2D eigenvalue weighted by Gasteiger charge is -2.30. The highest BCUT2D eigenvalue weighted by Crippen LogP contribution is 2.45. The molecule has 9 aromatic carbocycles. The molecule has 1 aromatic heterocycles. The lowest BCUT2D eigenvalue weighted by Crippen LogP contribution is -2.12. The highest BCUT2D eigenvalue weighted by molar-refractivity contribution is 6.11. The third-order valence-electron chi connectivity index (χ3n) is 11.1. The van der Waals surface area contributed by atoms with Gasteiger partial charge in [-0.2, -0.15) is 0 Å². The third-order valence-corrected chi connectivity index (χ3v) is 11.1. The van der Waals surface area contributed by atoms with Crippen LogP contribution in [-0.4, -0.2) is 0 Å². The largest absolute Gasteiger partial charge is 0.456 e. The SMILES string of the molecule is C(=C\c1ccccc1)/C=C(\C=C\c1ccccc1)c1ccc(N(c2ccccc2-c2ccccc2)c2ccccc2-c2ccc3oc4cc5ccccc5cc4c3c2)cc1. The molecule has 1 heterocycles. The Morgan fingerprint density at radius 2 is 0.967 bits per heavy atom. The molecule has 10 aromatic rings. The van der Waals surface area contributed by atoms with Crippen LogP contribution in [0.15, 0.2) is 241 Å². The molecule has 0 amide bonds. The van der Waals surface area contributed by atoms with Crippen molar-refractivity contribution in [3.05, 3.63) is 253 Å². The molecule has 0 unspecified atom stereocenters. The van der Waals surface area contributed by atoms with Crippen LogP contribution in [0.25, 0.3) is 72.7 Å². The molecule has 0 spiro atoms. The quantitative estimate of drug-likeness (QED) is 0.129. The predicted octanol–water partition coefficient (Wildman–Crippen LogP) is 16.4. The van der Waals surface area contributed by atoms with E-state index in [2.05, 4.69) is 248 Å². The summed E-state index contributed by atoms with van der Waals surface area (Å²) in [6, 6.07) is 77.4. The van der Waals surface area contributed by atoms with Crippen molar-refractivity contribution < 1.29 is 4.42 Å². The van der Waals surface area contributed by atoms with E-state index >= 15 is 0 Å². The van der Waals surface area contributed by atoms with Crippen LogP contribution in [0.5, 0.6) is 0 Å². The van der Waals surface area contributed by atoms with Gasteiger partial charge in [-0.25, -0.2) is 0 Å². The molecule has 10 rings (SSSR count). The molecular formula is C58H41NO. The first-order valence-corrected chi connectivity index (χ1v) is 20.4. The number of nitrogens with zero attached hydrogens (tertiary/aromatic N) is 1. The van der Waals surface area contributed by atoms with Gasteiger partial charge in [-0.05, 0) is 92.7 Å². The van der Waals surface area contributed by atoms with Crippen LogP contribution in [0.2, 0.25) is 0 Å². The summed E-state index contributed by atoms with van der Waals surface area (Å²) in [5.41, 5.74) is 14.1. The van der Waals surface area contributed by atoms with Crippen LogP contribution in [0.4, 0.5) is 17.1 Å². The Bertz CT molecular complexity index is 3170. The van der Waals surface area contributed by atoms with Gasteiger partial charge in [-0.3, -0.25) is 0 Å². The maximum atomic E-state index is 6.43. The van der Waals surface area contributed by atoms with Crippen molar-refractivity contribution in [3.8, 4) is 22.3 Å². The standard InChI is InChI=1S/C58H41NO/c1-4-17-42(18-5-1)21-16-26-44(32-31-43-19-6-2-7-20-43)45-33-36-50(37-34-45)59(55-29-14-12-27-51(55)46-22-8-3-9-23-46)56-30-15-13-28-52(56)49-35-38-57-53(40-49)54-39-47-24-10-11-25-48(47)41-58(54)60-57/h1-41H/b21-16+,32-31+,44-26+. The van der Waals surface area contributed by atoms with Gasteiger partial charge in [0.1, 0.15) is 11.2 Å². The Kier molecular flexibility index (Phi) is 10.0. The molecule has 0 atom stereocenters. The summed E-state index contributed by atoms with van der Waals surface area (Å²) < 4.78 is 6.43. The molecule has 0 saturated carbocycles. The first kappa shape index (κ1) is 36.4. The van der Waals surface area contributed by atoms with Crippen LogP contribution >= 0.6 is 0 Å². The van der Waals surface area contributed by atoms with Gasteiger partial charge in [-0.1, -0.05) is 200 Å². The molecule has 0 fully saturated rings. The van der Waals surface area contributed by atoms with Crippen LogP contribution in [0.3, 0.4) is 0 Å². The second-order valence-corrected chi connectivity index (χ2v) is 14.9. The van der Waals surface area contributed by atoms with E-state index in [9.17, 15) is 0 Å². The van der Waals surface area contributed by atoms with Gasteiger partial charge in [0.15, 0.2) is 0 Å². The fourth-order valence-electron chi connectivity index (χ4n) is 8.11. The molecule has 2 heteroatoms. The summed E-state index contributed by atoms with van der Waals surface area (Å²) >= 11 is 0. The van der Waals surface area contributed by atoms with E-state index in [1.165, 1.54) is 10.8 Å². The summed E-state index contributed by atoms with van der Waals surface area (Å²) in [5, 5.41) is 4.60. The zero-order chi connectivity index (χ0) is 40.1. The fraction of sp³-hybridized carbons (Fsp3) is 0. The Morgan fingerprint density at radius 3 is 1.65 bits per heavy atom. The first-order valence-electron chi connectivity index (χ1n) is 20.4. The number of hydrogen-bond acceptors (Lipinski definition) is 2. The van der Waals surface area contributed by atoms with Gasteiger partial charge in [0.2, 0.25) is 0 Å². The van der Waals surface area contributed by atoms with Crippen molar-refractivity contribution in [1.29, 1.82) is 0 Å². The Labute approximate surface area is 350 Å². The van der Waals surface area contributed by atoms with E-state index in [0.29, 0.717) is 0 Å². The van der Waals surface area contributed by atoms with Gasteiger partial charge in [-0.15, -0.1) is 0 Å². The normalized spacial score (nSPS) is 12.0. The average molecular weight is 768 g/mol. The van der Waals surface area contributed by atoms with Crippen LogP contribution in [0.1, 0.15) is 16.7 Å². The molecule has 2 nitrogen and oxygen atoms in total. The molecule has 0 radical (unpaired) electrons. The molecule has 0 N–H and O–H groups in total. The van der Waals surface area contributed by atoms with Crippen LogP contribution < -0.4 is 4.90 Å². The van der Waals surface area contributed by atoms with Gasteiger partial charge < -0.3 is 9.32 Å². The monoisotopic (exact) mass is 767 g/mol. The van der Waals surface area contributed by atoms with Crippen molar-refractivity contribution in [2.75, 3.05) is 4.90 Å². The summed E-state index contributed by atoms with van der Waals surface area (Å²) in [6.45, 7) is 0. The molecule has 0 aliphatic rings. The highest BCUT2D eigenvalue weighted by atomic mass is 16.3. The average Bonchev–Trinajstić information content (AvgIpc) is 3.67. The number of rotatable bonds is 10. The Balaban J connectivity index is 1.11. The Hall–Kier alpha value is -7.94. The summed E-state index contributed by atoms with van der Waals surface area (Å²) in [7, 11) is 0. The van der Waals surface area contributed by atoms with E-state index in [1.54, 1.807) is 0 Å². The number of furan rings is 1. The van der Waals surface area contributed by atoms with E-state index in [1.807, 2.05) is 6.07 Å². The number of fused-ring (bicyclic) bond motifs is 4. The van der Waals surface area contributed by atoms with Gasteiger partial charge in [0.05, 0.1) is 11.4 Å². The minimum atomic E-state index is 0.882. The topological polar surface area (TPSA) is 16.4 Å². The van der Waals surface area contributed by atoms with Crippen LogP contribution in [-0.2, 0) is 0 Å². The number of para-hydroxylation sites is 2. The van der Waals surface area contributed by atoms with Crippen molar-refractivity contribution in [1.82, 2.24) is 0 Å². The van der Waals surface area contributed by atoms with E-state index < -0.39 is 0 Å². The molecule has 0 aliphatic heterocycles. The van der Waals surface area contributed by atoms with E-state index in [-0.39, 0.29) is 0 Å². The number of hydrogen-bond donors (Lipinski definition) is 0. The molecule has 60 heavy (non-hydrogen) atoms. The summed E-state index contributed by atoms with van der Waals surface area (Å²) in [4.78, 5) is 2.41. The molecule has 0 saturated heterocycles. The van der Waals surface area contributed by atoms with Gasteiger partial charge in [0.25, 0.3) is 0 Å². The lowest BCUT2D eigenvalue weighted by atomic mass is 9.97. The highest BCUT2D eigenvalue weighted by Gasteiger charge is 2.21. The molecule has 284 valence electrons. The van der Waals surface area contributed by atoms with Crippen molar-refractivity contribution in [3.63, 3.8) is 0 Å². The Morgan fingerprint density at radius 1 is 0.417 bits per heavy atom. The minimum Gasteiger partial charge on any atom is -0.456 e. The molecular weight excluding hydrogens is 727 g/mol. The first-order chi connectivity index (χ1) is 29.7. The number of benzene rings is 9. The lowest BCUT2D eigenvalue weighted by molar-refractivity contribution is 0.669. The number of allylic oxidation sites excluding steroid dienone is 4. The third kappa shape index (κ3) is 7.46. The van der Waals surface area contributed by atoms with Crippen molar-refractivity contribution in [2.24, 2.45) is 0 Å². The minimum absolute atomic E-state index is 0.882. The van der Waals surface area contributed by atoms with E-state index in [4.69, 9.17) is 4.42 Å². The maximum absolute atomic E-state index is 6.43. The number of anilines is 3. The van der Waals surface area contributed by atoms with E-state index in [0.717, 1.165) is 83.5 Å². The van der Waals surface area contributed by atoms with Crippen molar-refractivity contribution in [2.45, 2.75) is 0 Å². The molecule has 0 aliphatic carbocycles. The van der Waals surface area contributed by atoms with Crippen molar-refractivity contribution >= 4 is 67.5 Å². The zero-order valence-electron chi connectivity index (χ0n) is 33.0. The smallest absolute Gasteiger partial charge is 0.136 e. The fourth-order valence-corrected chi connectivity index (χ4v) is 8.11. The summed E-state index contributed by atoms with van der Waals surface area (Å²) in [6.07, 6.45) is 10.9. The zero-order valence-corrected chi connectivity index (χ0v) is 33.0.